The minimum Gasteiger partial charge on any atom is -0.384 e. The number of hydrogen-bond donors (Lipinski definition) is 1. The van der Waals surface area contributed by atoms with Gasteiger partial charge in [0.2, 0.25) is 10.0 Å². The largest absolute Gasteiger partial charge is 0.384 e. The fourth-order valence-corrected chi connectivity index (χ4v) is 5.74. The van der Waals surface area contributed by atoms with Gasteiger partial charge in [0, 0.05) is 31.8 Å². The molecule has 1 saturated heterocycles. The Balaban J connectivity index is 1.65. The number of rotatable bonds is 6. The molecule has 0 spiro atoms. The van der Waals surface area contributed by atoms with Gasteiger partial charge in [-0.2, -0.15) is 0 Å². The Morgan fingerprint density at radius 1 is 1.10 bits per heavy atom. The van der Waals surface area contributed by atoms with Crippen molar-refractivity contribution >= 4 is 27.0 Å². The van der Waals surface area contributed by atoms with Crippen LogP contribution in [-0.4, -0.2) is 55.9 Å². The van der Waals surface area contributed by atoms with Crippen molar-refractivity contribution in [3.8, 4) is 11.1 Å². The van der Waals surface area contributed by atoms with Gasteiger partial charge in [-0.1, -0.05) is 36.4 Å². The molecule has 164 valence electrons. The van der Waals surface area contributed by atoms with Crippen LogP contribution in [0.3, 0.4) is 0 Å². The lowest BCUT2D eigenvalue weighted by atomic mass is 9.89. The van der Waals surface area contributed by atoms with Gasteiger partial charge in [-0.15, -0.1) is 0 Å². The molecule has 0 atom stereocenters. The number of hydrogen-bond acceptors (Lipinski definition) is 4. The van der Waals surface area contributed by atoms with Crippen molar-refractivity contribution in [3.05, 3.63) is 60.3 Å². The van der Waals surface area contributed by atoms with E-state index in [9.17, 15) is 13.2 Å². The molecule has 0 bridgehead atoms. The van der Waals surface area contributed by atoms with Crippen LogP contribution in [0.1, 0.15) is 24.3 Å². The molecule has 31 heavy (non-hydrogen) atoms. The predicted molar refractivity (Wildman–Crippen MR) is 122 cm³/mol. The number of methoxy groups -OCH3 is 1. The Kier molecular flexibility index (Phi) is 6.13. The summed E-state index contributed by atoms with van der Waals surface area (Å²) in [7, 11) is -1.82. The minimum absolute atomic E-state index is 0.00438. The average Bonchev–Trinajstić information content (AvgIpc) is 3.17. The number of piperidine rings is 1. The molecule has 3 aromatic rings. The third kappa shape index (κ3) is 4.37. The van der Waals surface area contributed by atoms with Crippen LogP contribution in [0.4, 0.5) is 4.79 Å². The second kappa shape index (κ2) is 8.82. The molecular formula is C23H27N3O4S. The maximum atomic E-state index is 12.5. The normalized spacial score (nSPS) is 16.0. The minimum atomic E-state index is -3.32. The molecule has 2 N–H and O–H groups in total. The zero-order valence-corrected chi connectivity index (χ0v) is 18.3. The number of carbonyl (C=O) groups is 1. The average molecular weight is 442 g/mol. The van der Waals surface area contributed by atoms with Crippen LogP contribution < -0.4 is 5.73 Å². The first-order valence-corrected chi connectivity index (χ1v) is 12.0. The molecule has 8 heteroatoms. The maximum Gasteiger partial charge on any atom is 0.323 e. The van der Waals surface area contributed by atoms with Gasteiger partial charge in [0.15, 0.2) is 0 Å². The first-order chi connectivity index (χ1) is 14.9. The monoisotopic (exact) mass is 441 g/mol. The van der Waals surface area contributed by atoms with Crippen LogP contribution in [0, 0.1) is 0 Å². The molecule has 4 rings (SSSR count). The van der Waals surface area contributed by atoms with E-state index in [0.717, 1.165) is 27.6 Å². The van der Waals surface area contributed by atoms with Crippen molar-refractivity contribution in [2.75, 3.05) is 32.6 Å². The summed E-state index contributed by atoms with van der Waals surface area (Å²) in [6, 6.07) is 15.6. The lowest BCUT2D eigenvalue weighted by molar-refractivity contribution is 0.214. The van der Waals surface area contributed by atoms with Gasteiger partial charge in [-0.05, 0) is 47.6 Å². The number of nitrogens with zero attached hydrogens (tertiary/aromatic N) is 2. The molecule has 1 aliphatic heterocycles. The van der Waals surface area contributed by atoms with E-state index in [2.05, 4.69) is 18.2 Å². The number of aromatic nitrogens is 1. The Hall–Kier alpha value is -2.68. The summed E-state index contributed by atoms with van der Waals surface area (Å²) < 4.78 is 32.9. The zero-order valence-electron chi connectivity index (χ0n) is 17.5. The number of benzene rings is 2. The van der Waals surface area contributed by atoms with Crippen LogP contribution in [-0.2, 0) is 14.8 Å². The molecule has 1 aromatic heterocycles. The molecule has 1 aliphatic rings. The molecule has 0 unspecified atom stereocenters. The second-order valence-corrected chi connectivity index (χ2v) is 9.96. The molecule has 1 fully saturated rings. The number of nitrogens with two attached hydrogens (primary N) is 1. The smallest absolute Gasteiger partial charge is 0.323 e. The van der Waals surface area contributed by atoms with Crippen molar-refractivity contribution in [1.82, 2.24) is 8.87 Å². The van der Waals surface area contributed by atoms with E-state index in [0.29, 0.717) is 25.9 Å². The molecule has 0 saturated carbocycles. The summed E-state index contributed by atoms with van der Waals surface area (Å²) in [4.78, 5) is 12.0. The van der Waals surface area contributed by atoms with Crippen LogP contribution >= 0.6 is 0 Å². The number of sulfonamides is 1. The highest BCUT2D eigenvalue weighted by atomic mass is 32.2. The van der Waals surface area contributed by atoms with Crippen molar-refractivity contribution in [1.29, 1.82) is 0 Å². The first kappa shape index (κ1) is 21.5. The quantitative estimate of drug-likeness (QED) is 0.634. The lowest BCUT2D eigenvalue weighted by Gasteiger charge is -2.31. The van der Waals surface area contributed by atoms with E-state index < -0.39 is 16.1 Å². The van der Waals surface area contributed by atoms with E-state index in [-0.39, 0.29) is 18.3 Å². The van der Waals surface area contributed by atoms with Crippen LogP contribution in [0.5, 0.6) is 0 Å². The van der Waals surface area contributed by atoms with E-state index in [4.69, 9.17) is 10.5 Å². The van der Waals surface area contributed by atoms with Crippen LogP contribution in [0.25, 0.3) is 22.0 Å². The van der Waals surface area contributed by atoms with E-state index in [1.807, 2.05) is 36.5 Å². The summed E-state index contributed by atoms with van der Waals surface area (Å²) in [6.45, 7) is 1.10. The molecular weight excluding hydrogens is 414 g/mol. The third-order valence-corrected chi connectivity index (χ3v) is 7.85. The second-order valence-electron chi connectivity index (χ2n) is 7.87. The number of primary amides is 1. The van der Waals surface area contributed by atoms with Crippen LogP contribution in [0.2, 0.25) is 0 Å². The maximum absolute atomic E-state index is 12.5. The highest BCUT2D eigenvalue weighted by molar-refractivity contribution is 7.89. The number of fused-ring (bicyclic) bond motifs is 1. The molecule has 2 aromatic carbocycles. The number of ether oxygens (including phenoxy) is 1. The highest BCUT2D eigenvalue weighted by Gasteiger charge is 2.30. The summed E-state index contributed by atoms with van der Waals surface area (Å²) >= 11 is 0. The van der Waals surface area contributed by atoms with Crippen LogP contribution in [0.15, 0.2) is 54.7 Å². The van der Waals surface area contributed by atoms with Crippen molar-refractivity contribution in [2.24, 2.45) is 5.73 Å². The SMILES string of the molecule is COCCS(=O)(=O)N1CCC(c2cn(C(N)=O)c3ccc(-c4ccccc4)cc23)CC1. The Labute approximate surface area is 182 Å². The Bertz CT molecular complexity index is 1180. The fourth-order valence-electron chi connectivity index (χ4n) is 4.34. The summed E-state index contributed by atoms with van der Waals surface area (Å²) in [5, 5.41) is 0.987. The zero-order chi connectivity index (χ0) is 22.0. The van der Waals surface area contributed by atoms with E-state index in [1.54, 1.807) is 4.31 Å². The van der Waals surface area contributed by atoms with Crippen molar-refractivity contribution < 1.29 is 17.9 Å². The van der Waals surface area contributed by atoms with Gasteiger partial charge in [-0.25, -0.2) is 17.5 Å². The summed E-state index contributed by atoms with van der Waals surface area (Å²) in [5.74, 6) is 0.151. The van der Waals surface area contributed by atoms with Crippen molar-refractivity contribution in [3.63, 3.8) is 0 Å². The van der Waals surface area contributed by atoms with Gasteiger partial charge >= 0.3 is 6.03 Å². The fraction of sp³-hybridized carbons (Fsp3) is 0.348. The van der Waals surface area contributed by atoms with Gasteiger partial charge in [0.05, 0.1) is 17.9 Å². The molecule has 0 radical (unpaired) electrons. The molecule has 1 amide bonds. The predicted octanol–water partition coefficient (Wildman–Crippen LogP) is 3.39. The molecule has 7 nitrogen and oxygen atoms in total. The Morgan fingerprint density at radius 2 is 1.81 bits per heavy atom. The van der Waals surface area contributed by atoms with Gasteiger partial charge < -0.3 is 10.5 Å². The third-order valence-electron chi connectivity index (χ3n) is 6.01. The Morgan fingerprint density at radius 3 is 2.45 bits per heavy atom. The van der Waals surface area contributed by atoms with Gasteiger partial charge in [-0.3, -0.25) is 4.57 Å². The molecule has 2 heterocycles. The lowest BCUT2D eigenvalue weighted by Crippen LogP contribution is -2.40. The standard InChI is InChI=1S/C23H27N3O4S/c1-30-13-14-31(28,29)25-11-9-18(10-12-25)21-16-26(23(24)27)22-8-7-19(15-20(21)22)17-5-3-2-4-6-17/h2-8,15-16,18H,9-14H2,1H3,(H2,24,27). The summed E-state index contributed by atoms with van der Waals surface area (Å²) in [5.41, 5.74) is 9.60. The number of carbonyl (C=O) groups excluding carboxylic acids is 1. The summed E-state index contributed by atoms with van der Waals surface area (Å²) in [6.07, 6.45) is 3.21. The van der Waals surface area contributed by atoms with E-state index >= 15 is 0 Å². The topological polar surface area (TPSA) is 94.6 Å². The van der Waals surface area contributed by atoms with E-state index in [1.165, 1.54) is 11.7 Å². The van der Waals surface area contributed by atoms with Gasteiger partial charge in [0.25, 0.3) is 0 Å². The molecule has 0 aliphatic carbocycles. The van der Waals surface area contributed by atoms with Gasteiger partial charge in [0.1, 0.15) is 0 Å². The van der Waals surface area contributed by atoms with Crippen molar-refractivity contribution in [2.45, 2.75) is 18.8 Å². The highest BCUT2D eigenvalue weighted by Crippen LogP contribution is 2.37. The number of amides is 1. The first-order valence-electron chi connectivity index (χ1n) is 10.4.